The van der Waals surface area contributed by atoms with E-state index < -0.39 is 9.84 Å². The second-order valence-corrected chi connectivity index (χ2v) is 7.87. The van der Waals surface area contributed by atoms with Crippen LogP contribution in [0.15, 0.2) is 27.7 Å². The van der Waals surface area contributed by atoms with Crippen LogP contribution < -0.4 is 11.1 Å². The molecule has 3 N–H and O–H groups in total. The lowest BCUT2D eigenvalue weighted by molar-refractivity contribution is 0.602. The van der Waals surface area contributed by atoms with Crippen LogP contribution in [0.25, 0.3) is 5.82 Å². The van der Waals surface area contributed by atoms with Crippen molar-refractivity contribution in [2.45, 2.75) is 23.8 Å². The summed E-state index contributed by atoms with van der Waals surface area (Å²) in [7, 11) is -3.49. The van der Waals surface area contributed by atoms with Gasteiger partial charge >= 0.3 is 0 Å². The van der Waals surface area contributed by atoms with E-state index in [-0.39, 0.29) is 16.8 Å². The fraction of sp³-hybridized carbons (Fsp3) is 0.333. The third-order valence-electron chi connectivity index (χ3n) is 3.09. The van der Waals surface area contributed by atoms with E-state index in [1.54, 1.807) is 18.3 Å². The number of pyridine rings is 1. The van der Waals surface area contributed by atoms with Crippen LogP contribution in [0.3, 0.4) is 0 Å². The Kier molecular flexibility index (Phi) is 3.40. The summed E-state index contributed by atoms with van der Waals surface area (Å²) in [6.45, 7) is 0. The van der Waals surface area contributed by atoms with E-state index in [9.17, 15) is 8.42 Å². The summed E-state index contributed by atoms with van der Waals surface area (Å²) in [6, 6.07) is 3.77. The first-order valence-electron chi connectivity index (χ1n) is 6.33. The van der Waals surface area contributed by atoms with Crippen molar-refractivity contribution in [3.05, 3.63) is 22.8 Å². The van der Waals surface area contributed by atoms with Gasteiger partial charge in [0.25, 0.3) is 0 Å². The lowest BCUT2D eigenvalue weighted by atomic mass is 10.4. The summed E-state index contributed by atoms with van der Waals surface area (Å²) in [5, 5.41) is 7.39. The molecule has 1 aliphatic rings. The van der Waals surface area contributed by atoms with Gasteiger partial charge in [0.05, 0.1) is 0 Å². The normalized spacial score (nSPS) is 15.1. The van der Waals surface area contributed by atoms with Gasteiger partial charge in [0.15, 0.2) is 26.4 Å². The van der Waals surface area contributed by atoms with Crippen LogP contribution >= 0.6 is 15.9 Å². The van der Waals surface area contributed by atoms with E-state index in [1.807, 2.05) is 0 Å². The molecule has 0 bridgehead atoms. The highest BCUT2D eigenvalue weighted by Gasteiger charge is 2.29. The molecule has 2 heterocycles. The molecular weight excluding hydrogens is 358 g/mol. The van der Waals surface area contributed by atoms with Crippen LogP contribution in [0, 0.1) is 0 Å². The minimum absolute atomic E-state index is 0.0270. The number of nitrogens with two attached hydrogens (primary N) is 1. The van der Waals surface area contributed by atoms with E-state index in [2.05, 4.69) is 31.3 Å². The zero-order valence-corrected chi connectivity index (χ0v) is 13.6. The van der Waals surface area contributed by atoms with E-state index >= 15 is 0 Å². The Morgan fingerprint density at radius 3 is 2.67 bits per heavy atom. The predicted molar refractivity (Wildman–Crippen MR) is 83.2 cm³/mol. The minimum atomic E-state index is -3.49. The van der Waals surface area contributed by atoms with Gasteiger partial charge in [0.1, 0.15) is 5.82 Å². The van der Waals surface area contributed by atoms with Crippen molar-refractivity contribution < 1.29 is 8.42 Å². The molecule has 0 aliphatic heterocycles. The fourth-order valence-electron chi connectivity index (χ4n) is 1.97. The van der Waals surface area contributed by atoms with Gasteiger partial charge in [-0.15, -0.1) is 5.10 Å². The Bertz CT molecular complexity index is 781. The third kappa shape index (κ3) is 2.88. The van der Waals surface area contributed by atoms with E-state index in [0.29, 0.717) is 11.6 Å². The van der Waals surface area contributed by atoms with E-state index in [1.165, 1.54) is 4.68 Å². The molecule has 0 unspecified atom stereocenters. The van der Waals surface area contributed by atoms with Gasteiger partial charge in [0.2, 0.25) is 0 Å². The summed E-state index contributed by atoms with van der Waals surface area (Å²) in [5.41, 5.74) is 5.99. The van der Waals surface area contributed by atoms with Crippen LogP contribution in [0.4, 0.5) is 11.6 Å². The lowest BCUT2D eigenvalue weighted by Gasteiger charge is -2.03. The predicted octanol–water partition coefficient (Wildman–Crippen LogP) is 1.59. The Morgan fingerprint density at radius 2 is 2.14 bits per heavy atom. The first kappa shape index (κ1) is 14.3. The minimum Gasteiger partial charge on any atom is -0.382 e. The van der Waals surface area contributed by atoms with Crippen molar-refractivity contribution in [2.24, 2.45) is 0 Å². The van der Waals surface area contributed by atoms with Gasteiger partial charge in [-0.05, 0) is 40.9 Å². The average molecular weight is 372 g/mol. The zero-order valence-electron chi connectivity index (χ0n) is 11.2. The molecule has 0 aromatic carbocycles. The molecule has 7 nitrogen and oxygen atoms in total. The molecule has 112 valence electrons. The molecular formula is C12H14BrN5O2S. The van der Waals surface area contributed by atoms with Crippen LogP contribution in [0.2, 0.25) is 0 Å². The molecule has 2 aromatic heterocycles. The van der Waals surface area contributed by atoms with Crippen molar-refractivity contribution >= 4 is 37.4 Å². The highest BCUT2D eigenvalue weighted by atomic mass is 79.9. The van der Waals surface area contributed by atoms with Crippen LogP contribution in [0.1, 0.15) is 12.8 Å². The molecule has 1 fully saturated rings. The Morgan fingerprint density at radius 1 is 1.43 bits per heavy atom. The number of nitrogen functional groups attached to an aromatic ring is 1. The number of halogens is 1. The van der Waals surface area contributed by atoms with Crippen molar-refractivity contribution in [3.63, 3.8) is 0 Å². The number of nitrogens with one attached hydrogen (secondary N) is 1. The van der Waals surface area contributed by atoms with E-state index in [0.717, 1.165) is 23.6 Å². The molecule has 3 rings (SSSR count). The summed E-state index contributed by atoms with van der Waals surface area (Å²) < 4.78 is 26.1. The van der Waals surface area contributed by atoms with Gasteiger partial charge in [-0.1, -0.05) is 0 Å². The second-order valence-electron chi connectivity index (χ2n) is 5.00. The number of hydrogen-bond acceptors (Lipinski definition) is 6. The number of aromatic nitrogens is 3. The van der Waals surface area contributed by atoms with Gasteiger partial charge in [0, 0.05) is 23.0 Å². The molecule has 0 saturated heterocycles. The van der Waals surface area contributed by atoms with Crippen molar-refractivity contribution in [1.82, 2.24) is 14.8 Å². The fourth-order valence-corrected chi connectivity index (χ4v) is 3.12. The Labute approximate surface area is 130 Å². The lowest BCUT2D eigenvalue weighted by Crippen LogP contribution is -2.08. The number of rotatable bonds is 4. The molecule has 21 heavy (non-hydrogen) atoms. The summed E-state index contributed by atoms with van der Waals surface area (Å²) >= 11 is 3.30. The third-order valence-corrected chi connectivity index (χ3v) is 4.71. The largest absolute Gasteiger partial charge is 0.382 e. The maximum absolute atomic E-state index is 12.0. The van der Waals surface area contributed by atoms with Gasteiger partial charge in [-0.2, -0.15) is 4.68 Å². The second kappa shape index (κ2) is 4.99. The van der Waals surface area contributed by atoms with Crippen molar-refractivity contribution in [3.8, 4) is 5.82 Å². The molecule has 0 radical (unpaired) electrons. The van der Waals surface area contributed by atoms with Gasteiger partial charge in [-0.25, -0.2) is 13.4 Å². The van der Waals surface area contributed by atoms with Crippen molar-refractivity contribution in [2.75, 3.05) is 17.3 Å². The molecule has 1 saturated carbocycles. The van der Waals surface area contributed by atoms with Gasteiger partial charge in [-0.3, -0.25) is 0 Å². The molecule has 9 heteroatoms. The quantitative estimate of drug-likeness (QED) is 0.845. The first-order chi connectivity index (χ1) is 9.86. The molecule has 0 amide bonds. The monoisotopic (exact) mass is 371 g/mol. The maximum Gasteiger partial charge on any atom is 0.182 e. The summed E-state index contributed by atoms with van der Waals surface area (Å²) in [6.07, 6.45) is 4.74. The first-order valence-corrected chi connectivity index (χ1v) is 9.01. The molecule has 1 aliphatic carbocycles. The number of hydrogen-bond donors (Lipinski definition) is 2. The zero-order chi connectivity index (χ0) is 15.2. The highest BCUT2D eigenvalue weighted by Crippen LogP contribution is 2.33. The Balaban J connectivity index is 2.13. The molecule has 2 aromatic rings. The molecule has 0 spiro atoms. The Hall–Kier alpha value is -1.61. The van der Waals surface area contributed by atoms with Crippen LogP contribution in [0.5, 0.6) is 0 Å². The van der Waals surface area contributed by atoms with E-state index in [4.69, 9.17) is 5.73 Å². The maximum atomic E-state index is 12.0. The average Bonchev–Trinajstić information content (AvgIpc) is 3.12. The highest BCUT2D eigenvalue weighted by molar-refractivity contribution is 9.10. The number of anilines is 2. The number of nitrogens with zero attached hydrogens (tertiary/aromatic N) is 3. The van der Waals surface area contributed by atoms with Gasteiger partial charge < -0.3 is 11.1 Å². The molecule has 0 atom stereocenters. The summed E-state index contributed by atoms with van der Waals surface area (Å²) in [4.78, 5) is 4.22. The summed E-state index contributed by atoms with van der Waals surface area (Å²) in [5.74, 6) is 0.821. The van der Waals surface area contributed by atoms with Crippen molar-refractivity contribution in [1.29, 1.82) is 0 Å². The van der Waals surface area contributed by atoms with Crippen LogP contribution in [-0.2, 0) is 9.84 Å². The SMILES string of the molecule is CS(=O)(=O)c1c(NC2CC2)nn(-c2ccc(Br)cn2)c1N. The van der Waals surface area contributed by atoms with Crippen LogP contribution in [-0.4, -0.2) is 35.5 Å². The smallest absolute Gasteiger partial charge is 0.182 e. The standard InChI is InChI=1S/C12H14BrN5O2S/c1-21(19,20)10-11(14)18(9-5-2-7(13)6-15-9)17-12(10)16-8-3-4-8/h2,5-6,8H,3-4,14H2,1H3,(H,16,17). The topological polar surface area (TPSA) is 103 Å². The number of sulfone groups is 1.